The van der Waals surface area contributed by atoms with Crippen molar-refractivity contribution in [2.75, 3.05) is 0 Å². The summed E-state index contributed by atoms with van der Waals surface area (Å²) in [6.07, 6.45) is 12.8. The Morgan fingerprint density at radius 3 is 2.38 bits per heavy atom. The van der Waals surface area contributed by atoms with Crippen LogP contribution >= 0.6 is 0 Å². The maximum absolute atomic E-state index is 13.2. The molecule has 0 aromatic heterocycles. The number of carbonyl (C=O) groups is 1. The van der Waals surface area contributed by atoms with Crippen molar-refractivity contribution >= 4 is 5.78 Å². The van der Waals surface area contributed by atoms with Crippen LogP contribution in [-0.2, 0) is 4.79 Å². The van der Waals surface area contributed by atoms with Gasteiger partial charge in [-0.05, 0) is 91.3 Å². The smallest absolute Gasteiger partial charge is 0.136 e. The molecule has 4 fully saturated rings. The van der Waals surface area contributed by atoms with E-state index in [2.05, 4.69) is 34.6 Å². The summed E-state index contributed by atoms with van der Waals surface area (Å²) in [6.45, 7) is 12.2. The molecule has 0 aromatic carbocycles. The molecule has 9 atom stereocenters. The van der Waals surface area contributed by atoms with Gasteiger partial charge in [0.25, 0.3) is 0 Å². The van der Waals surface area contributed by atoms with Crippen LogP contribution in [0, 0.1) is 52.3 Å². The van der Waals surface area contributed by atoms with Crippen molar-refractivity contribution in [1.82, 2.24) is 0 Å². The van der Waals surface area contributed by atoms with Crippen molar-refractivity contribution in [2.45, 2.75) is 111 Å². The zero-order chi connectivity index (χ0) is 21.0. The lowest BCUT2D eigenvalue weighted by Crippen LogP contribution is -2.57. The van der Waals surface area contributed by atoms with Crippen LogP contribution in [0.1, 0.15) is 105 Å². The number of fused-ring (bicyclic) bond motifs is 5. The zero-order valence-electron chi connectivity index (χ0n) is 19.8. The average Bonchev–Trinajstić information content (AvgIpc) is 3.00. The Labute approximate surface area is 179 Å². The number of hydrogen-bond donors (Lipinski definition) is 1. The number of rotatable bonds is 5. The minimum atomic E-state index is -0.245. The summed E-state index contributed by atoms with van der Waals surface area (Å²) in [5.74, 6) is 5.21. The van der Waals surface area contributed by atoms with E-state index in [1.165, 1.54) is 44.9 Å². The predicted molar refractivity (Wildman–Crippen MR) is 119 cm³/mol. The lowest BCUT2D eigenvalue weighted by atomic mass is 9.44. The monoisotopic (exact) mass is 402 g/mol. The molecule has 2 heteroatoms. The molecule has 29 heavy (non-hydrogen) atoms. The molecule has 0 bridgehead atoms. The maximum Gasteiger partial charge on any atom is 0.136 e. The van der Waals surface area contributed by atoms with E-state index in [9.17, 15) is 9.90 Å². The Kier molecular flexibility index (Phi) is 5.99. The first-order valence-electron chi connectivity index (χ1n) is 12.9. The number of ketones is 1. The van der Waals surface area contributed by atoms with Crippen LogP contribution in [0.25, 0.3) is 0 Å². The lowest BCUT2D eigenvalue weighted by Gasteiger charge is -2.60. The van der Waals surface area contributed by atoms with E-state index in [1.54, 1.807) is 0 Å². The molecular weight excluding hydrogens is 356 g/mol. The first-order chi connectivity index (χ1) is 13.7. The third-order valence-electron chi connectivity index (χ3n) is 10.6. The normalized spacial score (nSPS) is 48.2. The second-order valence-corrected chi connectivity index (χ2v) is 12.6. The Balaban J connectivity index is 1.50. The molecule has 4 aliphatic rings. The Bertz CT molecular complexity index is 612. The molecule has 4 aliphatic carbocycles. The van der Waals surface area contributed by atoms with Crippen molar-refractivity contribution in [1.29, 1.82) is 0 Å². The molecule has 4 saturated carbocycles. The fourth-order valence-corrected chi connectivity index (χ4v) is 9.04. The maximum atomic E-state index is 13.2. The van der Waals surface area contributed by atoms with E-state index in [1.807, 2.05) is 0 Å². The Hall–Kier alpha value is -0.370. The van der Waals surface area contributed by atoms with Crippen molar-refractivity contribution in [2.24, 2.45) is 52.3 Å². The average molecular weight is 403 g/mol. The number of aliphatic hydroxyl groups excluding tert-OH is 1. The Morgan fingerprint density at radius 2 is 1.66 bits per heavy atom. The van der Waals surface area contributed by atoms with E-state index >= 15 is 0 Å². The summed E-state index contributed by atoms with van der Waals surface area (Å²) in [7, 11) is 0. The topological polar surface area (TPSA) is 37.3 Å². The molecule has 0 radical (unpaired) electrons. The van der Waals surface area contributed by atoms with E-state index in [0.29, 0.717) is 23.0 Å². The van der Waals surface area contributed by atoms with Gasteiger partial charge >= 0.3 is 0 Å². The molecule has 0 aromatic rings. The standard InChI is InChI=1S/C27H46O2/c1-17(2)7-6-8-18(3)21-9-10-22-20-16-25(29)24-15-19(28)11-13-27(24,5)23(20)12-14-26(21,22)4/h17-24,28H,6-16H2,1-5H3/t18-,19-,20-,21+,22-,23-,24+,26+,27+/m0/s1. The van der Waals surface area contributed by atoms with E-state index in [0.717, 1.165) is 49.4 Å². The molecule has 0 amide bonds. The van der Waals surface area contributed by atoms with Crippen LogP contribution in [0.2, 0.25) is 0 Å². The van der Waals surface area contributed by atoms with Gasteiger partial charge in [0.05, 0.1) is 6.10 Å². The minimum absolute atomic E-state index is 0.129. The van der Waals surface area contributed by atoms with Gasteiger partial charge in [-0.15, -0.1) is 0 Å². The van der Waals surface area contributed by atoms with Crippen molar-refractivity contribution in [3.05, 3.63) is 0 Å². The van der Waals surface area contributed by atoms with Crippen LogP contribution in [-0.4, -0.2) is 17.0 Å². The Morgan fingerprint density at radius 1 is 0.966 bits per heavy atom. The van der Waals surface area contributed by atoms with Crippen molar-refractivity contribution in [3.63, 3.8) is 0 Å². The molecule has 2 nitrogen and oxygen atoms in total. The molecule has 1 N–H and O–H groups in total. The quantitative estimate of drug-likeness (QED) is 0.559. The van der Waals surface area contributed by atoms with Gasteiger partial charge in [-0.25, -0.2) is 0 Å². The third-order valence-corrected chi connectivity index (χ3v) is 10.6. The number of carbonyl (C=O) groups excluding carboxylic acids is 1. The molecule has 166 valence electrons. The summed E-state index contributed by atoms with van der Waals surface area (Å²) in [5, 5.41) is 10.2. The molecule has 4 rings (SSSR count). The first kappa shape index (κ1) is 21.8. The van der Waals surface area contributed by atoms with E-state index < -0.39 is 0 Å². The first-order valence-corrected chi connectivity index (χ1v) is 12.9. The van der Waals surface area contributed by atoms with Crippen LogP contribution in [0.5, 0.6) is 0 Å². The van der Waals surface area contributed by atoms with Gasteiger partial charge < -0.3 is 5.11 Å². The minimum Gasteiger partial charge on any atom is -0.393 e. The van der Waals surface area contributed by atoms with Crippen LogP contribution in [0.4, 0.5) is 0 Å². The molecular formula is C27H46O2. The second-order valence-electron chi connectivity index (χ2n) is 12.6. The summed E-state index contributed by atoms with van der Waals surface area (Å²) in [5.41, 5.74) is 0.609. The van der Waals surface area contributed by atoms with E-state index in [4.69, 9.17) is 0 Å². The molecule has 0 spiro atoms. The zero-order valence-corrected chi connectivity index (χ0v) is 19.8. The van der Waals surface area contributed by atoms with E-state index in [-0.39, 0.29) is 17.4 Å². The predicted octanol–water partition coefficient (Wildman–Crippen LogP) is 6.65. The third kappa shape index (κ3) is 3.64. The highest BCUT2D eigenvalue weighted by Crippen LogP contribution is 2.67. The van der Waals surface area contributed by atoms with Crippen LogP contribution in [0.15, 0.2) is 0 Å². The van der Waals surface area contributed by atoms with Gasteiger partial charge in [-0.2, -0.15) is 0 Å². The summed E-state index contributed by atoms with van der Waals surface area (Å²) >= 11 is 0. The van der Waals surface area contributed by atoms with Gasteiger partial charge in [-0.1, -0.05) is 53.9 Å². The van der Waals surface area contributed by atoms with Gasteiger partial charge in [0.1, 0.15) is 5.78 Å². The molecule has 0 heterocycles. The second kappa shape index (κ2) is 7.95. The number of hydrogen-bond acceptors (Lipinski definition) is 2. The molecule has 0 aliphatic heterocycles. The largest absolute Gasteiger partial charge is 0.393 e. The highest BCUT2D eigenvalue weighted by molar-refractivity contribution is 5.83. The van der Waals surface area contributed by atoms with Crippen molar-refractivity contribution < 1.29 is 9.90 Å². The van der Waals surface area contributed by atoms with Crippen LogP contribution in [0.3, 0.4) is 0 Å². The summed E-state index contributed by atoms with van der Waals surface area (Å²) in [4.78, 5) is 13.2. The number of Topliss-reactive ketones (excluding diaryl/α,β-unsaturated/α-hetero) is 1. The van der Waals surface area contributed by atoms with Crippen LogP contribution < -0.4 is 0 Å². The van der Waals surface area contributed by atoms with Gasteiger partial charge in [0, 0.05) is 12.3 Å². The lowest BCUT2D eigenvalue weighted by molar-refractivity contribution is -0.160. The fourth-order valence-electron chi connectivity index (χ4n) is 9.04. The van der Waals surface area contributed by atoms with Gasteiger partial charge in [0.2, 0.25) is 0 Å². The van der Waals surface area contributed by atoms with Gasteiger partial charge in [-0.3, -0.25) is 4.79 Å². The fraction of sp³-hybridized carbons (Fsp3) is 0.963. The summed E-state index contributed by atoms with van der Waals surface area (Å²) in [6, 6.07) is 0. The van der Waals surface area contributed by atoms with Crippen molar-refractivity contribution in [3.8, 4) is 0 Å². The molecule has 0 saturated heterocycles. The van der Waals surface area contributed by atoms with Gasteiger partial charge in [0.15, 0.2) is 0 Å². The number of aliphatic hydroxyl groups is 1. The summed E-state index contributed by atoms with van der Waals surface area (Å²) < 4.78 is 0. The highest BCUT2D eigenvalue weighted by atomic mass is 16.3. The molecule has 0 unspecified atom stereocenters. The SMILES string of the molecule is CC(C)CCC[C@H](C)[C@H]1CC[C@H]2[C@@H]3CC(=O)[C@H]4C[C@@H](O)CC[C@]4(C)[C@H]3CC[C@]12C. The highest BCUT2D eigenvalue weighted by Gasteiger charge is 2.62.